The summed E-state index contributed by atoms with van der Waals surface area (Å²) in [5.74, 6) is 5.30. The van der Waals surface area contributed by atoms with E-state index in [9.17, 15) is 4.79 Å². The number of hydrogen-bond donors (Lipinski definition) is 4. The van der Waals surface area contributed by atoms with E-state index in [1.807, 2.05) is 0 Å². The van der Waals surface area contributed by atoms with E-state index in [4.69, 9.17) is 27.3 Å². The summed E-state index contributed by atoms with van der Waals surface area (Å²) in [5, 5.41) is 11.5. The van der Waals surface area contributed by atoms with Crippen molar-refractivity contribution in [1.29, 1.82) is 0 Å². The molecule has 0 atom stereocenters. The molecule has 1 amide bonds. The van der Waals surface area contributed by atoms with Crippen LogP contribution in [0.5, 0.6) is 0 Å². The van der Waals surface area contributed by atoms with Crippen LogP contribution in [0, 0.1) is 12.3 Å². The Morgan fingerprint density at radius 2 is 2.11 bits per heavy atom. The second-order valence-corrected chi connectivity index (χ2v) is 9.08. The molecule has 6 nitrogen and oxygen atoms in total. The van der Waals surface area contributed by atoms with Gasteiger partial charge in [-0.05, 0) is 66.5 Å². The number of aryl methyl sites for hydroxylation is 1. The minimum Gasteiger partial charge on any atom is -0.483 e. The molecule has 0 saturated heterocycles. The summed E-state index contributed by atoms with van der Waals surface area (Å²) >= 11 is 7.75. The van der Waals surface area contributed by atoms with E-state index in [-0.39, 0.29) is 12.4 Å². The molecule has 1 heterocycles. The largest absolute Gasteiger partial charge is 0.483 e. The maximum Gasteiger partial charge on any atom is 0.290 e. The molecular weight excluding hydrogens is 398 g/mol. The lowest BCUT2D eigenvalue weighted by Crippen LogP contribution is -2.23. The molecule has 0 saturated carbocycles. The number of thiophene rings is 1. The van der Waals surface area contributed by atoms with Gasteiger partial charge in [0.05, 0.1) is 5.00 Å². The zero-order valence-electron chi connectivity index (χ0n) is 16.3. The van der Waals surface area contributed by atoms with E-state index in [2.05, 4.69) is 31.5 Å². The van der Waals surface area contributed by atoms with Crippen molar-refractivity contribution in [3.05, 3.63) is 50.4 Å². The molecule has 0 unspecified atom stereocenters. The van der Waals surface area contributed by atoms with E-state index in [1.54, 1.807) is 29.5 Å². The van der Waals surface area contributed by atoms with E-state index in [0.717, 1.165) is 23.4 Å². The maximum atomic E-state index is 12.8. The van der Waals surface area contributed by atoms with Gasteiger partial charge in [-0.1, -0.05) is 25.4 Å². The molecule has 1 aliphatic carbocycles. The monoisotopic (exact) mass is 423 g/mol. The Morgan fingerprint density at radius 3 is 2.75 bits per heavy atom. The third-order valence-electron chi connectivity index (χ3n) is 4.87. The second kappa shape index (κ2) is 9.52. The number of fused-ring (bicyclic) bond motifs is 1. The SMILES string of the molecule is Cc1c(NC(=O)c2ccc(Cl)cc2CNN)sc2c1CC(C)(C)CC2.O=CO. The molecule has 2 aromatic rings. The summed E-state index contributed by atoms with van der Waals surface area (Å²) in [7, 11) is 0. The van der Waals surface area contributed by atoms with Gasteiger partial charge >= 0.3 is 0 Å². The van der Waals surface area contributed by atoms with E-state index in [0.29, 0.717) is 22.5 Å². The van der Waals surface area contributed by atoms with Crippen LogP contribution in [0.1, 0.15) is 52.2 Å². The van der Waals surface area contributed by atoms with Gasteiger partial charge < -0.3 is 10.4 Å². The van der Waals surface area contributed by atoms with Crippen LogP contribution >= 0.6 is 22.9 Å². The lowest BCUT2D eigenvalue weighted by atomic mass is 9.76. The zero-order chi connectivity index (χ0) is 20.9. The molecule has 0 aliphatic heterocycles. The van der Waals surface area contributed by atoms with Crippen LogP contribution in [-0.2, 0) is 24.2 Å². The molecule has 28 heavy (non-hydrogen) atoms. The Hall–Kier alpha value is -1.93. The molecule has 5 N–H and O–H groups in total. The van der Waals surface area contributed by atoms with Crippen LogP contribution in [0.25, 0.3) is 0 Å². The highest BCUT2D eigenvalue weighted by atomic mass is 35.5. The van der Waals surface area contributed by atoms with Crippen molar-refractivity contribution in [2.24, 2.45) is 11.3 Å². The molecule has 1 aliphatic rings. The van der Waals surface area contributed by atoms with Gasteiger partial charge in [0.2, 0.25) is 0 Å². The third kappa shape index (κ3) is 5.32. The number of halogens is 1. The van der Waals surface area contributed by atoms with Gasteiger partial charge in [-0.15, -0.1) is 11.3 Å². The standard InChI is InChI=1S/C19H24ClN3OS.CH2O2/c1-11-15-9-19(2,3)7-6-16(15)25-18(11)23-17(24)14-5-4-13(20)8-12(14)10-22-21;2-1-3/h4-5,8,22H,6-7,9-10,21H2,1-3H3,(H,23,24);1H,(H,2,3). The maximum absolute atomic E-state index is 12.8. The van der Waals surface area contributed by atoms with Crippen molar-refractivity contribution >= 4 is 40.3 Å². The van der Waals surface area contributed by atoms with E-state index >= 15 is 0 Å². The number of carbonyl (C=O) groups excluding carboxylic acids is 1. The molecule has 8 heteroatoms. The number of nitrogens with two attached hydrogens (primary N) is 1. The number of hydrogen-bond acceptors (Lipinski definition) is 5. The number of nitrogens with one attached hydrogen (secondary N) is 2. The van der Waals surface area contributed by atoms with Gasteiger partial charge in [0.25, 0.3) is 12.4 Å². The summed E-state index contributed by atoms with van der Waals surface area (Å²) in [6.45, 7) is 6.87. The molecule has 0 radical (unpaired) electrons. The smallest absolute Gasteiger partial charge is 0.290 e. The average molecular weight is 424 g/mol. The minimum absolute atomic E-state index is 0.122. The molecule has 0 fully saturated rings. The van der Waals surface area contributed by atoms with Gasteiger partial charge in [-0.2, -0.15) is 0 Å². The zero-order valence-corrected chi connectivity index (χ0v) is 17.8. The first-order valence-corrected chi connectivity index (χ1v) is 10.1. The fourth-order valence-electron chi connectivity index (χ4n) is 3.39. The third-order valence-corrected chi connectivity index (χ3v) is 6.42. The summed E-state index contributed by atoms with van der Waals surface area (Å²) < 4.78 is 0. The molecule has 152 valence electrons. The number of rotatable bonds is 4. The van der Waals surface area contributed by atoms with Crippen LogP contribution in [0.15, 0.2) is 18.2 Å². The topological polar surface area (TPSA) is 104 Å². The van der Waals surface area contributed by atoms with Crippen molar-refractivity contribution in [2.45, 2.75) is 46.6 Å². The quantitative estimate of drug-likeness (QED) is 0.336. The molecule has 1 aromatic heterocycles. The van der Waals surface area contributed by atoms with Crippen LogP contribution < -0.4 is 16.6 Å². The Morgan fingerprint density at radius 1 is 1.43 bits per heavy atom. The number of benzene rings is 1. The van der Waals surface area contributed by atoms with Gasteiger partial charge in [0, 0.05) is 22.0 Å². The first-order chi connectivity index (χ1) is 13.2. The predicted molar refractivity (Wildman–Crippen MR) is 114 cm³/mol. The molecule has 3 rings (SSSR count). The molecular formula is C20H26ClN3O3S. The van der Waals surface area contributed by atoms with Crippen LogP contribution in [0.2, 0.25) is 5.02 Å². The Labute approximate surface area is 174 Å². The summed E-state index contributed by atoms with van der Waals surface area (Å²) in [4.78, 5) is 22.6. The van der Waals surface area contributed by atoms with Crippen molar-refractivity contribution in [1.82, 2.24) is 5.43 Å². The summed E-state index contributed by atoms with van der Waals surface area (Å²) in [6, 6.07) is 5.24. The highest BCUT2D eigenvalue weighted by Gasteiger charge is 2.29. The van der Waals surface area contributed by atoms with Crippen molar-refractivity contribution < 1.29 is 14.7 Å². The Balaban J connectivity index is 0.000000878. The van der Waals surface area contributed by atoms with Gasteiger partial charge in [-0.25, -0.2) is 0 Å². The highest BCUT2D eigenvalue weighted by molar-refractivity contribution is 7.16. The minimum atomic E-state index is -0.250. The van der Waals surface area contributed by atoms with E-state index in [1.165, 1.54) is 22.4 Å². The number of hydrazine groups is 1. The molecule has 0 bridgehead atoms. The number of amides is 1. The molecule has 0 spiro atoms. The highest BCUT2D eigenvalue weighted by Crippen LogP contribution is 2.43. The van der Waals surface area contributed by atoms with Crippen molar-refractivity contribution in [3.63, 3.8) is 0 Å². The first-order valence-electron chi connectivity index (χ1n) is 8.94. The first kappa shape index (κ1) is 22.4. The Kier molecular flexibility index (Phi) is 7.60. The number of carbonyl (C=O) groups is 2. The second-order valence-electron chi connectivity index (χ2n) is 7.54. The van der Waals surface area contributed by atoms with Gasteiger partial charge in [0.15, 0.2) is 0 Å². The van der Waals surface area contributed by atoms with Crippen molar-refractivity contribution in [3.8, 4) is 0 Å². The summed E-state index contributed by atoms with van der Waals surface area (Å²) in [5.41, 5.74) is 6.92. The lowest BCUT2D eigenvalue weighted by molar-refractivity contribution is -0.122. The normalized spacial score (nSPS) is 14.5. The fourth-order valence-corrected chi connectivity index (χ4v) is 4.80. The van der Waals surface area contributed by atoms with Crippen LogP contribution in [0.3, 0.4) is 0 Å². The Bertz CT molecular complexity index is 865. The average Bonchev–Trinajstić information content (AvgIpc) is 2.90. The fraction of sp³-hybridized carbons (Fsp3) is 0.400. The van der Waals surface area contributed by atoms with Gasteiger partial charge in [0.1, 0.15) is 0 Å². The van der Waals surface area contributed by atoms with E-state index < -0.39 is 0 Å². The predicted octanol–water partition coefficient (Wildman–Crippen LogP) is 4.14. The van der Waals surface area contributed by atoms with Gasteiger partial charge in [-0.3, -0.25) is 20.9 Å². The van der Waals surface area contributed by atoms with Crippen molar-refractivity contribution in [2.75, 3.05) is 5.32 Å². The number of anilines is 1. The number of carboxylic acid groups (broad SMARTS) is 1. The van der Waals surface area contributed by atoms with Crippen LogP contribution in [-0.4, -0.2) is 17.5 Å². The lowest BCUT2D eigenvalue weighted by Gasteiger charge is -2.29. The summed E-state index contributed by atoms with van der Waals surface area (Å²) in [6.07, 6.45) is 3.35. The molecule has 1 aromatic carbocycles. The van der Waals surface area contributed by atoms with Crippen LogP contribution in [0.4, 0.5) is 5.00 Å².